The topological polar surface area (TPSA) is 0 Å². The van der Waals surface area contributed by atoms with E-state index in [2.05, 4.69) is 156 Å². The molecule has 0 aliphatic carbocycles. The van der Waals surface area contributed by atoms with E-state index in [1.54, 1.807) is 11.1 Å². The van der Waals surface area contributed by atoms with Gasteiger partial charge in [0.2, 0.25) is 0 Å². The van der Waals surface area contributed by atoms with Crippen LogP contribution in [0.1, 0.15) is 182 Å². The van der Waals surface area contributed by atoms with Gasteiger partial charge < -0.3 is 0 Å². The Morgan fingerprint density at radius 3 is 1.18 bits per heavy atom. The van der Waals surface area contributed by atoms with Gasteiger partial charge in [-0.15, -0.1) is 0 Å². The van der Waals surface area contributed by atoms with Crippen molar-refractivity contribution in [2.75, 3.05) is 0 Å². The minimum Gasteiger partial charge on any atom is -0.0584 e. The van der Waals surface area contributed by atoms with Gasteiger partial charge in [0.15, 0.2) is 0 Å². The van der Waals surface area contributed by atoms with E-state index < -0.39 is 0 Å². The van der Waals surface area contributed by atoms with E-state index in [4.69, 9.17) is 0 Å². The summed E-state index contributed by atoms with van der Waals surface area (Å²) in [6.07, 6.45) is 1.06. The largest absolute Gasteiger partial charge is 0.0584 e. The number of hydrogen-bond donors (Lipinski definition) is 0. The zero-order valence-corrected chi connectivity index (χ0v) is 29.6. The second-order valence-corrected chi connectivity index (χ2v) is 18.6. The second-order valence-electron chi connectivity index (χ2n) is 18.6. The maximum Gasteiger partial charge on any atom is -0.0126 e. The van der Waals surface area contributed by atoms with E-state index in [1.807, 2.05) is 0 Å². The highest BCUT2D eigenvalue weighted by Crippen LogP contribution is 2.45. The Kier molecular flexibility index (Phi) is 8.94. The van der Waals surface area contributed by atoms with Gasteiger partial charge in [0.05, 0.1) is 0 Å². The summed E-state index contributed by atoms with van der Waals surface area (Å²) < 4.78 is 0. The lowest BCUT2D eigenvalue weighted by Crippen LogP contribution is -2.30. The third-order valence-electron chi connectivity index (χ3n) is 8.27. The molecule has 0 heterocycles. The first-order chi connectivity index (χ1) is 17.1. The Bertz CT molecular complexity index is 1160. The van der Waals surface area contributed by atoms with Crippen molar-refractivity contribution in [2.24, 2.45) is 0 Å². The van der Waals surface area contributed by atoms with Crippen LogP contribution in [0.4, 0.5) is 0 Å². The van der Waals surface area contributed by atoms with E-state index >= 15 is 0 Å². The maximum atomic E-state index is 2.59. The minimum absolute atomic E-state index is 0.0679. The van der Waals surface area contributed by atoms with Gasteiger partial charge in [-0.25, -0.2) is 0 Å². The lowest BCUT2D eigenvalue weighted by Gasteiger charge is -2.39. The van der Waals surface area contributed by atoms with Crippen LogP contribution in [-0.2, 0) is 38.9 Å². The second kappa shape index (κ2) is 10.4. The van der Waals surface area contributed by atoms with Crippen LogP contribution in [-0.4, -0.2) is 0 Å². The zero-order chi connectivity index (χ0) is 30.7. The van der Waals surface area contributed by atoms with Crippen LogP contribution >= 0.6 is 0 Å². The van der Waals surface area contributed by atoms with Gasteiger partial charge in [0, 0.05) is 0 Å². The average Bonchev–Trinajstić information content (AvgIpc) is 2.68. The van der Waals surface area contributed by atoms with Crippen molar-refractivity contribution in [3.05, 3.63) is 68.8 Å². The van der Waals surface area contributed by atoms with Crippen molar-refractivity contribution in [3.63, 3.8) is 0 Å². The molecule has 0 spiro atoms. The summed E-state index contributed by atoms with van der Waals surface area (Å²) in [5.74, 6) is 0.420. The molecule has 39 heavy (non-hydrogen) atoms. The van der Waals surface area contributed by atoms with Gasteiger partial charge in [0.25, 0.3) is 0 Å². The molecule has 220 valence electrons. The van der Waals surface area contributed by atoms with Crippen molar-refractivity contribution in [2.45, 2.75) is 176 Å². The van der Waals surface area contributed by atoms with Gasteiger partial charge in [-0.3, -0.25) is 0 Å². The summed E-state index contributed by atoms with van der Waals surface area (Å²) in [6, 6.07) is 10.1. The molecule has 2 aromatic rings. The summed E-state index contributed by atoms with van der Waals surface area (Å²) in [6.45, 7) is 45.4. The van der Waals surface area contributed by atoms with Crippen LogP contribution < -0.4 is 0 Å². The SMILES string of the molecule is CC(Cc1ccc(C(C)(C)C)c(C(C)(C)C)c1C(C)(C)C)c1cc(C(C)(C)C)c(C(C)(C)C)cc1C(C)(C)C. The van der Waals surface area contributed by atoms with Crippen molar-refractivity contribution in [1.29, 1.82) is 0 Å². The van der Waals surface area contributed by atoms with Gasteiger partial charge in [-0.05, 0) is 89.3 Å². The first kappa shape index (κ1) is 33.6. The lowest BCUT2D eigenvalue weighted by molar-refractivity contribution is 0.491. The molecule has 0 saturated heterocycles. The Morgan fingerprint density at radius 1 is 0.436 bits per heavy atom. The van der Waals surface area contributed by atoms with E-state index in [0.29, 0.717) is 5.92 Å². The molecule has 0 amide bonds. The molecule has 0 fully saturated rings. The van der Waals surface area contributed by atoms with Crippen LogP contribution in [0, 0.1) is 0 Å². The molecule has 0 nitrogen and oxygen atoms in total. The highest BCUT2D eigenvalue weighted by molar-refractivity contribution is 5.53. The third kappa shape index (κ3) is 7.59. The van der Waals surface area contributed by atoms with Gasteiger partial charge in [-0.2, -0.15) is 0 Å². The molecule has 2 rings (SSSR count). The molecule has 1 atom stereocenters. The fourth-order valence-corrected chi connectivity index (χ4v) is 6.43. The van der Waals surface area contributed by atoms with Crippen LogP contribution in [0.2, 0.25) is 0 Å². The van der Waals surface area contributed by atoms with Crippen molar-refractivity contribution in [3.8, 4) is 0 Å². The molecule has 0 aromatic heterocycles. The molecule has 1 unspecified atom stereocenters. The van der Waals surface area contributed by atoms with E-state index in [1.165, 1.54) is 33.4 Å². The molecule has 2 aromatic carbocycles. The normalized spacial score (nSPS) is 15.1. The summed E-state index contributed by atoms with van der Waals surface area (Å²) in [5, 5.41) is 0. The van der Waals surface area contributed by atoms with Gasteiger partial charge in [0.1, 0.15) is 0 Å². The van der Waals surface area contributed by atoms with Crippen LogP contribution in [0.5, 0.6) is 0 Å². The Labute approximate surface area is 244 Å². The molecule has 0 saturated carbocycles. The quantitative estimate of drug-likeness (QED) is 0.369. The van der Waals surface area contributed by atoms with Crippen LogP contribution in [0.15, 0.2) is 24.3 Å². The van der Waals surface area contributed by atoms with Gasteiger partial charge in [-0.1, -0.05) is 156 Å². The molecule has 0 aliphatic rings. The molecule has 0 radical (unpaired) electrons. The standard InChI is InChI=1S/C39H64/c1-25(27-23-30(36(8,9)10)31(37(11,12)13)24-29(27)35(5,6)7)22-26-20-21-28(34(2,3)4)33(39(17,18)19)32(26)38(14,15)16/h20-21,23-25H,22H2,1-19H3. The third-order valence-corrected chi connectivity index (χ3v) is 8.27. The predicted molar refractivity (Wildman–Crippen MR) is 177 cm³/mol. The maximum absolute atomic E-state index is 2.59. The number of hydrogen-bond acceptors (Lipinski definition) is 0. The monoisotopic (exact) mass is 533 g/mol. The Balaban J connectivity index is 2.91. The van der Waals surface area contributed by atoms with E-state index in [-0.39, 0.29) is 32.5 Å². The zero-order valence-electron chi connectivity index (χ0n) is 29.6. The fraction of sp³-hybridized carbons (Fsp3) is 0.692. The summed E-state index contributed by atoms with van der Waals surface area (Å²) in [7, 11) is 0. The number of rotatable bonds is 3. The Morgan fingerprint density at radius 2 is 0.821 bits per heavy atom. The van der Waals surface area contributed by atoms with Crippen molar-refractivity contribution in [1.82, 2.24) is 0 Å². The van der Waals surface area contributed by atoms with E-state index in [0.717, 1.165) is 6.42 Å². The minimum atomic E-state index is 0.0679. The first-order valence-electron chi connectivity index (χ1n) is 15.4. The van der Waals surface area contributed by atoms with E-state index in [9.17, 15) is 0 Å². The van der Waals surface area contributed by atoms with Crippen molar-refractivity contribution < 1.29 is 0 Å². The summed E-state index contributed by atoms with van der Waals surface area (Å²) >= 11 is 0. The molecular weight excluding hydrogens is 468 g/mol. The van der Waals surface area contributed by atoms with Crippen LogP contribution in [0.25, 0.3) is 0 Å². The summed E-state index contributed by atoms with van der Waals surface area (Å²) in [5.41, 5.74) is 12.7. The Hall–Kier alpha value is -1.56. The predicted octanol–water partition coefficient (Wildman–Crippen LogP) is 11.8. The van der Waals surface area contributed by atoms with Gasteiger partial charge >= 0.3 is 0 Å². The number of benzene rings is 2. The molecule has 0 N–H and O–H groups in total. The molecule has 0 heteroatoms. The molecular formula is C39H64. The summed E-state index contributed by atoms with van der Waals surface area (Å²) in [4.78, 5) is 0. The molecule has 0 bridgehead atoms. The smallest absolute Gasteiger partial charge is 0.0126 e. The highest BCUT2D eigenvalue weighted by Gasteiger charge is 2.35. The van der Waals surface area contributed by atoms with Crippen molar-refractivity contribution >= 4 is 0 Å². The molecule has 0 aliphatic heterocycles. The lowest BCUT2D eigenvalue weighted by atomic mass is 9.66. The fourth-order valence-electron chi connectivity index (χ4n) is 6.43. The van der Waals surface area contributed by atoms with Crippen LogP contribution in [0.3, 0.4) is 0 Å². The average molecular weight is 533 g/mol. The highest BCUT2D eigenvalue weighted by atomic mass is 14.4. The first-order valence-corrected chi connectivity index (χ1v) is 15.4.